The van der Waals surface area contributed by atoms with Gasteiger partial charge in [-0.25, -0.2) is 4.98 Å². The molecule has 2 heterocycles. The zero-order chi connectivity index (χ0) is 24.4. The monoisotopic (exact) mass is 478 g/mol. The highest BCUT2D eigenvalue weighted by Gasteiger charge is 2.25. The Balaban J connectivity index is 1.48. The van der Waals surface area contributed by atoms with E-state index in [2.05, 4.69) is 21.0 Å². The van der Waals surface area contributed by atoms with Crippen LogP contribution in [-0.2, 0) is 4.74 Å². The van der Waals surface area contributed by atoms with Crippen LogP contribution in [0.5, 0.6) is 0 Å². The molecule has 0 bridgehead atoms. The predicted octanol–water partition coefficient (Wildman–Crippen LogP) is 3.37. The number of ether oxygens (including phenoxy) is 1. The SMILES string of the molecule is COCCNc1cc(NC2CCCCC2O)nc2c(-c3ccc(C(=O)NC4CC4)c(C)c3)cnn12. The van der Waals surface area contributed by atoms with E-state index < -0.39 is 0 Å². The number of aliphatic hydroxyl groups excluding tert-OH is 1. The highest BCUT2D eigenvalue weighted by Crippen LogP contribution is 2.30. The average Bonchev–Trinajstić information content (AvgIpc) is 3.55. The second-order valence-electron chi connectivity index (χ2n) is 9.62. The maximum Gasteiger partial charge on any atom is 0.251 e. The van der Waals surface area contributed by atoms with Crippen LogP contribution < -0.4 is 16.0 Å². The topological polar surface area (TPSA) is 113 Å². The van der Waals surface area contributed by atoms with Crippen LogP contribution in [0.4, 0.5) is 11.6 Å². The van der Waals surface area contributed by atoms with E-state index in [0.717, 1.165) is 61.0 Å². The van der Waals surface area contributed by atoms with E-state index >= 15 is 0 Å². The van der Waals surface area contributed by atoms with E-state index in [9.17, 15) is 9.90 Å². The molecule has 5 rings (SSSR count). The summed E-state index contributed by atoms with van der Waals surface area (Å²) in [5.74, 6) is 1.47. The molecule has 0 radical (unpaired) electrons. The number of hydrogen-bond acceptors (Lipinski definition) is 7. The van der Waals surface area contributed by atoms with Crippen LogP contribution in [0.15, 0.2) is 30.5 Å². The van der Waals surface area contributed by atoms with Crippen molar-refractivity contribution in [2.24, 2.45) is 0 Å². The highest BCUT2D eigenvalue weighted by atomic mass is 16.5. The Hall–Kier alpha value is -3.17. The van der Waals surface area contributed by atoms with Gasteiger partial charge < -0.3 is 25.8 Å². The van der Waals surface area contributed by atoms with Crippen molar-refractivity contribution >= 4 is 23.2 Å². The summed E-state index contributed by atoms with van der Waals surface area (Å²) in [6.45, 7) is 3.14. The number of carbonyl (C=O) groups is 1. The van der Waals surface area contributed by atoms with Crippen LogP contribution in [0.25, 0.3) is 16.8 Å². The second-order valence-corrected chi connectivity index (χ2v) is 9.62. The number of rotatable bonds is 9. The third-order valence-electron chi connectivity index (χ3n) is 6.84. The van der Waals surface area contributed by atoms with Crippen molar-refractivity contribution in [1.29, 1.82) is 0 Å². The molecule has 1 amide bonds. The average molecular weight is 479 g/mol. The highest BCUT2D eigenvalue weighted by molar-refractivity contribution is 5.97. The summed E-state index contributed by atoms with van der Waals surface area (Å²) in [6.07, 6.45) is 7.41. The van der Waals surface area contributed by atoms with Gasteiger partial charge in [0.2, 0.25) is 0 Å². The third kappa shape index (κ3) is 5.26. The summed E-state index contributed by atoms with van der Waals surface area (Å²) < 4.78 is 6.99. The van der Waals surface area contributed by atoms with E-state index in [1.807, 2.05) is 37.4 Å². The number of hydrogen-bond donors (Lipinski definition) is 4. The van der Waals surface area contributed by atoms with Crippen molar-refractivity contribution in [3.63, 3.8) is 0 Å². The molecule has 9 heteroatoms. The number of amides is 1. The number of aliphatic hydroxyl groups is 1. The largest absolute Gasteiger partial charge is 0.391 e. The minimum absolute atomic E-state index is 0.0169. The second kappa shape index (κ2) is 10.2. The van der Waals surface area contributed by atoms with Gasteiger partial charge in [-0.3, -0.25) is 4.79 Å². The molecule has 2 aliphatic rings. The summed E-state index contributed by atoms with van der Waals surface area (Å²) in [5, 5.41) is 25.0. The van der Waals surface area contributed by atoms with Gasteiger partial charge in [0.05, 0.1) is 24.9 Å². The van der Waals surface area contributed by atoms with Crippen molar-refractivity contribution in [3.8, 4) is 11.1 Å². The molecule has 0 aliphatic heterocycles. The molecule has 2 aromatic heterocycles. The smallest absolute Gasteiger partial charge is 0.251 e. The molecule has 35 heavy (non-hydrogen) atoms. The van der Waals surface area contributed by atoms with Crippen LogP contribution in [0.1, 0.15) is 54.4 Å². The van der Waals surface area contributed by atoms with Gasteiger partial charge in [-0.1, -0.05) is 25.0 Å². The van der Waals surface area contributed by atoms with Crippen molar-refractivity contribution < 1.29 is 14.6 Å². The Morgan fingerprint density at radius 1 is 1.20 bits per heavy atom. The lowest BCUT2D eigenvalue weighted by atomic mass is 9.92. The molecule has 2 aliphatic carbocycles. The fraction of sp³-hybridized carbons (Fsp3) is 0.500. The zero-order valence-electron chi connectivity index (χ0n) is 20.4. The van der Waals surface area contributed by atoms with Crippen molar-refractivity contribution in [3.05, 3.63) is 41.6 Å². The van der Waals surface area contributed by atoms with Gasteiger partial charge >= 0.3 is 0 Å². The van der Waals surface area contributed by atoms with Crippen LogP contribution in [0, 0.1) is 6.92 Å². The van der Waals surface area contributed by atoms with Crippen molar-refractivity contribution in [2.75, 3.05) is 30.9 Å². The first-order valence-electron chi connectivity index (χ1n) is 12.5. The molecule has 0 spiro atoms. The Labute approximate surface area is 205 Å². The number of fused-ring (bicyclic) bond motifs is 1. The minimum atomic E-state index is -0.381. The summed E-state index contributed by atoms with van der Waals surface area (Å²) in [7, 11) is 1.67. The number of aryl methyl sites for hydroxylation is 1. The lowest BCUT2D eigenvalue weighted by molar-refractivity contribution is 0.0950. The quantitative estimate of drug-likeness (QED) is 0.349. The molecule has 2 atom stereocenters. The first kappa shape index (κ1) is 23.6. The molecule has 1 aromatic carbocycles. The van der Waals surface area contributed by atoms with E-state index in [1.54, 1.807) is 11.6 Å². The normalized spacial score (nSPS) is 20.1. The van der Waals surface area contributed by atoms with Gasteiger partial charge in [-0.05, 0) is 49.8 Å². The fourth-order valence-electron chi connectivity index (χ4n) is 4.69. The number of carbonyl (C=O) groups excluding carboxylic acids is 1. The number of anilines is 2. The molecular weight excluding hydrogens is 444 g/mol. The molecule has 0 saturated heterocycles. The molecule has 2 saturated carbocycles. The van der Waals surface area contributed by atoms with Gasteiger partial charge in [0.25, 0.3) is 5.91 Å². The summed E-state index contributed by atoms with van der Waals surface area (Å²) in [5.41, 5.74) is 4.14. The first-order chi connectivity index (χ1) is 17.0. The van der Waals surface area contributed by atoms with Gasteiger partial charge in [-0.15, -0.1) is 0 Å². The summed E-state index contributed by atoms with van der Waals surface area (Å²) >= 11 is 0. The Kier molecular flexibility index (Phi) is 6.88. The first-order valence-corrected chi connectivity index (χ1v) is 12.5. The van der Waals surface area contributed by atoms with Gasteiger partial charge in [0, 0.05) is 36.9 Å². The molecule has 9 nitrogen and oxygen atoms in total. The Morgan fingerprint density at radius 3 is 2.77 bits per heavy atom. The van der Waals surface area contributed by atoms with Crippen LogP contribution in [0.3, 0.4) is 0 Å². The Bertz CT molecular complexity index is 1210. The van der Waals surface area contributed by atoms with E-state index in [-0.39, 0.29) is 18.1 Å². The summed E-state index contributed by atoms with van der Waals surface area (Å²) in [6, 6.07) is 8.08. The van der Waals surface area contributed by atoms with Crippen LogP contribution in [-0.4, -0.2) is 64.1 Å². The predicted molar refractivity (Wildman–Crippen MR) is 136 cm³/mol. The molecule has 2 fully saturated rings. The van der Waals surface area contributed by atoms with E-state index in [4.69, 9.17) is 9.72 Å². The maximum atomic E-state index is 12.6. The number of nitrogens with one attached hydrogen (secondary N) is 3. The Morgan fingerprint density at radius 2 is 2.03 bits per heavy atom. The lowest BCUT2D eigenvalue weighted by Gasteiger charge is -2.29. The number of nitrogens with zero attached hydrogens (tertiary/aromatic N) is 3. The lowest BCUT2D eigenvalue weighted by Crippen LogP contribution is -2.36. The summed E-state index contributed by atoms with van der Waals surface area (Å²) in [4.78, 5) is 17.5. The molecule has 4 N–H and O–H groups in total. The zero-order valence-corrected chi connectivity index (χ0v) is 20.4. The van der Waals surface area contributed by atoms with Gasteiger partial charge in [0.15, 0.2) is 5.65 Å². The maximum absolute atomic E-state index is 12.6. The van der Waals surface area contributed by atoms with Crippen molar-refractivity contribution in [2.45, 2.75) is 63.6 Å². The standard InChI is InChI=1S/C26H34N6O3/c1-16-13-17(7-10-19(16)26(34)29-18-8-9-18)20-15-28-32-24(27-11-12-35-2)14-23(31-25(20)32)30-21-5-3-4-6-22(21)33/h7,10,13-15,18,21-22,27,33H,3-6,8-9,11-12H2,1-2H3,(H,29,34)(H,30,31). The van der Waals surface area contributed by atoms with Crippen LogP contribution in [0.2, 0.25) is 0 Å². The van der Waals surface area contributed by atoms with E-state index in [0.29, 0.717) is 36.2 Å². The molecule has 186 valence electrons. The number of aromatic nitrogens is 3. The minimum Gasteiger partial charge on any atom is -0.391 e. The van der Waals surface area contributed by atoms with E-state index in [1.165, 1.54) is 0 Å². The van der Waals surface area contributed by atoms with Crippen LogP contribution >= 0.6 is 0 Å². The van der Waals surface area contributed by atoms with Gasteiger partial charge in [0.1, 0.15) is 11.6 Å². The fourth-order valence-corrected chi connectivity index (χ4v) is 4.69. The number of methoxy groups -OCH3 is 1. The number of benzene rings is 1. The molecule has 3 aromatic rings. The molecule has 2 unspecified atom stereocenters. The van der Waals surface area contributed by atoms with Crippen molar-refractivity contribution in [1.82, 2.24) is 19.9 Å². The van der Waals surface area contributed by atoms with Gasteiger partial charge in [-0.2, -0.15) is 9.61 Å². The third-order valence-corrected chi connectivity index (χ3v) is 6.84. The molecular formula is C26H34N6O3.